The molecule has 0 unspecified atom stereocenters. The fraction of sp³-hybridized carbons (Fsp3) is 1.00. The highest BCUT2D eigenvalue weighted by Gasteiger charge is 2.49. The van der Waals surface area contributed by atoms with E-state index in [0.717, 1.165) is 0 Å². The Morgan fingerprint density at radius 3 is 1.00 bits per heavy atom. The van der Waals surface area contributed by atoms with Gasteiger partial charge in [0, 0.05) is 10.8 Å². The maximum absolute atomic E-state index is 13.9. The van der Waals surface area contributed by atoms with Crippen molar-refractivity contribution in [2.24, 2.45) is 10.8 Å². The summed E-state index contributed by atoms with van der Waals surface area (Å²) in [6.45, 7) is 10.9. The molecule has 0 amide bonds. The van der Waals surface area contributed by atoms with Crippen molar-refractivity contribution in [2.75, 3.05) is 0 Å². The first kappa shape index (κ1) is 11.2. The molecule has 0 spiro atoms. The van der Waals surface area contributed by atoms with Crippen LogP contribution in [0.4, 0.5) is 4.39 Å². The Bertz CT molecular complexity index is 121. The van der Waals surface area contributed by atoms with Gasteiger partial charge < -0.3 is 0 Å². The molecule has 0 aromatic heterocycles. The molecule has 0 rings (SSSR count). The molecule has 0 aromatic carbocycles. The minimum atomic E-state index is -1.65. The van der Waals surface area contributed by atoms with Gasteiger partial charge in [0.25, 0.3) is 0 Å². The first-order valence-electron chi connectivity index (χ1n) is 3.88. The van der Waals surface area contributed by atoms with Gasteiger partial charge >= 0.3 is 0 Å². The second-order valence-electron chi connectivity index (χ2n) is 5.07. The third-order valence-corrected chi connectivity index (χ3v) is 3.02. The van der Waals surface area contributed by atoms with Gasteiger partial charge in [0.05, 0.1) is 0 Å². The van der Waals surface area contributed by atoms with Gasteiger partial charge in [-0.05, 0) is 0 Å². The molecule has 68 valence electrons. The third kappa shape index (κ3) is 2.08. The molecule has 0 aliphatic rings. The number of hydrogen-bond donors (Lipinski definition) is 0. The summed E-state index contributed by atoms with van der Waals surface area (Å²) in [5.41, 5.74) is -1.04. The zero-order chi connectivity index (χ0) is 9.50. The fourth-order valence-electron chi connectivity index (χ4n) is 1.12. The number of rotatable bonds is 0. The minimum Gasteiger partial charge on any atom is -0.225 e. The summed E-state index contributed by atoms with van der Waals surface area (Å²) in [5.74, 6) is 0. The van der Waals surface area contributed by atoms with Crippen LogP contribution < -0.4 is 0 Å². The minimum absolute atomic E-state index is 0.521. The van der Waals surface area contributed by atoms with Crippen LogP contribution in [0.3, 0.4) is 0 Å². The van der Waals surface area contributed by atoms with E-state index in [2.05, 4.69) is 0 Å². The molecular weight excluding hydrogens is 163 g/mol. The maximum Gasteiger partial charge on any atom is 0.193 e. The van der Waals surface area contributed by atoms with Crippen LogP contribution in [0.5, 0.6) is 0 Å². The number of alkyl halides is 2. The fourth-order valence-corrected chi connectivity index (χ4v) is 1.12. The van der Waals surface area contributed by atoms with Crippen LogP contribution >= 0.6 is 11.6 Å². The van der Waals surface area contributed by atoms with Crippen molar-refractivity contribution in [1.29, 1.82) is 0 Å². The summed E-state index contributed by atoms with van der Waals surface area (Å²) in [6, 6.07) is 0. The molecule has 0 bridgehead atoms. The quantitative estimate of drug-likeness (QED) is 0.495. The van der Waals surface area contributed by atoms with Crippen molar-refractivity contribution in [1.82, 2.24) is 0 Å². The second-order valence-corrected chi connectivity index (χ2v) is 5.60. The molecule has 0 heterocycles. The van der Waals surface area contributed by atoms with Crippen LogP contribution in [0.15, 0.2) is 0 Å². The van der Waals surface area contributed by atoms with E-state index in [9.17, 15) is 4.39 Å². The highest BCUT2D eigenvalue weighted by atomic mass is 35.5. The normalized spacial score (nSPS) is 15.3. The predicted octanol–water partition coefficient (Wildman–Crippen LogP) is 3.98. The Hall–Kier alpha value is 0.220. The lowest BCUT2D eigenvalue weighted by Crippen LogP contribution is -2.44. The standard InChI is InChI=1S/C9H18ClF/c1-7(2,3)9(10,11)8(4,5)6/h1-6H3. The average Bonchev–Trinajstić information content (AvgIpc) is 1.58. The summed E-state index contributed by atoms with van der Waals surface area (Å²) < 4.78 is 13.9. The topological polar surface area (TPSA) is 0 Å². The van der Waals surface area contributed by atoms with Crippen molar-refractivity contribution >= 4 is 11.6 Å². The Morgan fingerprint density at radius 1 is 0.818 bits per heavy atom. The van der Waals surface area contributed by atoms with Gasteiger partial charge in [0.2, 0.25) is 0 Å². The molecule has 0 saturated carbocycles. The van der Waals surface area contributed by atoms with E-state index in [-0.39, 0.29) is 0 Å². The van der Waals surface area contributed by atoms with E-state index < -0.39 is 16.0 Å². The summed E-state index contributed by atoms with van der Waals surface area (Å²) in [4.78, 5) is 0. The predicted molar refractivity (Wildman–Crippen MR) is 48.6 cm³/mol. The summed E-state index contributed by atoms with van der Waals surface area (Å²) in [5, 5.41) is -1.65. The van der Waals surface area contributed by atoms with Gasteiger partial charge in [-0.15, -0.1) is 0 Å². The number of halogens is 2. The van der Waals surface area contributed by atoms with Gasteiger partial charge in [-0.2, -0.15) is 0 Å². The summed E-state index contributed by atoms with van der Waals surface area (Å²) in [6.07, 6.45) is 0. The van der Waals surface area contributed by atoms with Crippen molar-refractivity contribution in [3.63, 3.8) is 0 Å². The van der Waals surface area contributed by atoms with Gasteiger partial charge in [0.15, 0.2) is 5.13 Å². The molecule has 0 saturated heterocycles. The molecule has 0 N–H and O–H groups in total. The summed E-state index contributed by atoms with van der Waals surface area (Å²) in [7, 11) is 0. The molecular formula is C9H18ClF. The molecule has 0 aromatic rings. The Balaban J connectivity index is 4.75. The zero-order valence-corrected chi connectivity index (χ0v) is 9.01. The highest BCUT2D eigenvalue weighted by Crippen LogP contribution is 2.49. The van der Waals surface area contributed by atoms with Gasteiger partial charge in [0.1, 0.15) is 0 Å². The molecule has 0 fully saturated rings. The van der Waals surface area contributed by atoms with E-state index in [1.165, 1.54) is 0 Å². The lowest BCUT2D eigenvalue weighted by atomic mass is 9.75. The first-order valence-corrected chi connectivity index (χ1v) is 4.26. The first-order chi connectivity index (χ1) is 4.50. The lowest BCUT2D eigenvalue weighted by Gasteiger charge is -2.42. The SMILES string of the molecule is CC(C)(C)C(F)(Cl)C(C)(C)C. The van der Waals surface area contributed by atoms with Crippen LogP contribution in [-0.2, 0) is 0 Å². The summed E-state index contributed by atoms with van der Waals surface area (Å²) >= 11 is 5.82. The Morgan fingerprint density at radius 2 is 1.00 bits per heavy atom. The molecule has 11 heavy (non-hydrogen) atoms. The Kier molecular flexibility index (Phi) is 2.67. The largest absolute Gasteiger partial charge is 0.225 e. The van der Waals surface area contributed by atoms with Crippen LogP contribution in [0.25, 0.3) is 0 Å². The van der Waals surface area contributed by atoms with Crippen molar-refractivity contribution in [3.8, 4) is 0 Å². The average molecular weight is 181 g/mol. The molecule has 0 nitrogen and oxygen atoms in total. The van der Waals surface area contributed by atoms with E-state index in [1.54, 1.807) is 0 Å². The van der Waals surface area contributed by atoms with Gasteiger partial charge in [-0.25, -0.2) is 4.39 Å². The molecule has 2 heteroatoms. The Labute approximate surface area is 74.1 Å². The van der Waals surface area contributed by atoms with Crippen LogP contribution in [0.1, 0.15) is 41.5 Å². The smallest absolute Gasteiger partial charge is 0.193 e. The van der Waals surface area contributed by atoms with E-state index >= 15 is 0 Å². The van der Waals surface area contributed by atoms with E-state index in [4.69, 9.17) is 11.6 Å². The highest BCUT2D eigenvalue weighted by molar-refractivity contribution is 6.23. The maximum atomic E-state index is 13.9. The van der Waals surface area contributed by atoms with Crippen LogP contribution in [0.2, 0.25) is 0 Å². The number of hydrogen-bond acceptors (Lipinski definition) is 0. The van der Waals surface area contributed by atoms with Gasteiger partial charge in [-0.3, -0.25) is 0 Å². The zero-order valence-electron chi connectivity index (χ0n) is 8.26. The molecule has 0 aliphatic carbocycles. The van der Waals surface area contributed by atoms with Crippen molar-refractivity contribution in [3.05, 3.63) is 0 Å². The van der Waals surface area contributed by atoms with Crippen LogP contribution in [-0.4, -0.2) is 5.13 Å². The van der Waals surface area contributed by atoms with Crippen molar-refractivity contribution in [2.45, 2.75) is 46.7 Å². The van der Waals surface area contributed by atoms with Crippen molar-refractivity contribution < 1.29 is 4.39 Å². The lowest BCUT2D eigenvalue weighted by molar-refractivity contribution is 0.0111. The van der Waals surface area contributed by atoms with E-state index in [0.29, 0.717) is 0 Å². The monoisotopic (exact) mass is 180 g/mol. The molecule has 0 aliphatic heterocycles. The third-order valence-electron chi connectivity index (χ3n) is 1.88. The molecule has 0 atom stereocenters. The molecule has 0 radical (unpaired) electrons. The van der Waals surface area contributed by atoms with E-state index in [1.807, 2.05) is 41.5 Å². The second kappa shape index (κ2) is 2.62. The van der Waals surface area contributed by atoms with Gasteiger partial charge in [-0.1, -0.05) is 53.1 Å². The van der Waals surface area contributed by atoms with Crippen LogP contribution in [0, 0.1) is 10.8 Å².